The normalized spacial score (nSPS) is 24.4. The predicted octanol–water partition coefficient (Wildman–Crippen LogP) is 1.56. The predicted molar refractivity (Wildman–Crippen MR) is 67.1 cm³/mol. The molecule has 0 aliphatic heterocycles. The lowest BCUT2D eigenvalue weighted by atomic mass is 9.92. The number of ether oxygens (including phenoxy) is 1. The summed E-state index contributed by atoms with van der Waals surface area (Å²) in [6.45, 7) is 2.56. The number of nitrogens with two attached hydrogens (primary N) is 1. The third-order valence-electron chi connectivity index (χ3n) is 3.06. The number of hydrogen-bond donors (Lipinski definition) is 2. The minimum Gasteiger partial charge on any atom is -0.478 e. The standard InChI is InChI=1S/C12H20N4O/c1-2-17-12-7-11(14-8-15-12)16-10-5-3-9(13)4-6-10/h7-10H,2-6,13H2,1H3,(H,14,15,16). The fourth-order valence-electron chi connectivity index (χ4n) is 2.12. The van der Waals surface area contributed by atoms with E-state index in [9.17, 15) is 0 Å². The van der Waals surface area contributed by atoms with Gasteiger partial charge in [0.05, 0.1) is 6.61 Å². The zero-order valence-electron chi connectivity index (χ0n) is 10.2. The van der Waals surface area contributed by atoms with Crippen LogP contribution in [0, 0.1) is 0 Å². The zero-order chi connectivity index (χ0) is 12.1. The second-order valence-corrected chi connectivity index (χ2v) is 4.43. The van der Waals surface area contributed by atoms with E-state index in [-0.39, 0.29) is 0 Å². The van der Waals surface area contributed by atoms with Gasteiger partial charge in [0.25, 0.3) is 0 Å². The molecule has 1 heterocycles. The molecule has 5 heteroatoms. The van der Waals surface area contributed by atoms with Gasteiger partial charge in [-0.2, -0.15) is 0 Å². The van der Waals surface area contributed by atoms with Gasteiger partial charge >= 0.3 is 0 Å². The second kappa shape index (κ2) is 5.82. The molecule has 0 saturated heterocycles. The maximum absolute atomic E-state index is 5.88. The zero-order valence-corrected chi connectivity index (χ0v) is 10.2. The number of nitrogens with zero attached hydrogens (tertiary/aromatic N) is 2. The van der Waals surface area contributed by atoms with Crippen molar-refractivity contribution in [1.82, 2.24) is 9.97 Å². The first-order valence-corrected chi connectivity index (χ1v) is 6.25. The Morgan fingerprint density at radius 1 is 1.35 bits per heavy atom. The monoisotopic (exact) mass is 236 g/mol. The lowest BCUT2D eigenvalue weighted by Crippen LogP contribution is -2.33. The average Bonchev–Trinajstić information content (AvgIpc) is 2.33. The van der Waals surface area contributed by atoms with E-state index in [2.05, 4.69) is 15.3 Å². The molecule has 5 nitrogen and oxygen atoms in total. The van der Waals surface area contributed by atoms with Crippen LogP contribution in [0.3, 0.4) is 0 Å². The molecule has 17 heavy (non-hydrogen) atoms. The lowest BCUT2D eigenvalue weighted by Gasteiger charge is -2.27. The van der Waals surface area contributed by atoms with Crippen LogP contribution in [0.25, 0.3) is 0 Å². The fourth-order valence-corrected chi connectivity index (χ4v) is 2.12. The Bertz CT molecular complexity index is 350. The van der Waals surface area contributed by atoms with E-state index < -0.39 is 0 Å². The Hall–Kier alpha value is -1.36. The van der Waals surface area contributed by atoms with Gasteiger partial charge < -0.3 is 15.8 Å². The second-order valence-electron chi connectivity index (χ2n) is 4.43. The molecule has 0 bridgehead atoms. The Balaban J connectivity index is 1.91. The molecule has 2 rings (SSSR count). The molecule has 0 atom stereocenters. The highest BCUT2D eigenvalue weighted by Crippen LogP contribution is 2.21. The molecule has 0 spiro atoms. The van der Waals surface area contributed by atoms with Crippen molar-refractivity contribution in [1.29, 1.82) is 0 Å². The molecule has 1 fully saturated rings. The Kier molecular flexibility index (Phi) is 4.14. The van der Waals surface area contributed by atoms with Crippen molar-refractivity contribution in [3.63, 3.8) is 0 Å². The van der Waals surface area contributed by atoms with Crippen molar-refractivity contribution in [2.75, 3.05) is 11.9 Å². The van der Waals surface area contributed by atoms with Gasteiger partial charge in [-0.05, 0) is 32.6 Å². The third kappa shape index (κ3) is 3.56. The van der Waals surface area contributed by atoms with Crippen molar-refractivity contribution in [3.8, 4) is 5.88 Å². The summed E-state index contributed by atoms with van der Waals surface area (Å²) in [7, 11) is 0. The van der Waals surface area contributed by atoms with E-state index in [1.54, 1.807) is 0 Å². The van der Waals surface area contributed by atoms with Crippen LogP contribution in [-0.4, -0.2) is 28.7 Å². The summed E-state index contributed by atoms with van der Waals surface area (Å²) < 4.78 is 5.34. The minimum absolute atomic E-state index is 0.373. The van der Waals surface area contributed by atoms with Crippen LogP contribution < -0.4 is 15.8 Å². The molecule has 0 unspecified atom stereocenters. The molecule has 1 aromatic heterocycles. The molecule has 0 aromatic carbocycles. The van der Waals surface area contributed by atoms with E-state index in [4.69, 9.17) is 10.5 Å². The van der Waals surface area contributed by atoms with Crippen molar-refractivity contribution < 1.29 is 4.74 Å². The van der Waals surface area contributed by atoms with Crippen LogP contribution in [0.15, 0.2) is 12.4 Å². The Morgan fingerprint density at radius 2 is 2.12 bits per heavy atom. The summed E-state index contributed by atoms with van der Waals surface area (Å²) in [6, 6.07) is 2.69. The first-order chi connectivity index (χ1) is 8.28. The van der Waals surface area contributed by atoms with Gasteiger partial charge in [0, 0.05) is 18.2 Å². The highest BCUT2D eigenvalue weighted by molar-refractivity contribution is 5.38. The quantitative estimate of drug-likeness (QED) is 0.830. The van der Waals surface area contributed by atoms with Crippen LogP contribution in [0.1, 0.15) is 32.6 Å². The number of aromatic nitrogens is 2. The molecule has 3 N–H and O–H groups in total. The van der Waals surface area contributed by atoms with E-state index in [0.29, 0.717) is 24.6 Å². The average molecular weight is 236 g/mol. The van der Waals surface area contributed by atoms with E-state index in [1.807, 2.05) is 13.0 Å². The SMILES string of the molecule is CCOc1cc(NC2CCC(N)CC2)ncn1. The number of nitrogens with one attached hydrogen (secondary N) is 1. The van der Waals surface area contributed by atoms with Gasteiger partial charge in [-0.25, -0.2) is 9.97 Å². The van der Waals surface area contributed by atoms with Crippen molar-refractivity contribution in [3.05, 3.63) is 12.4 Å². The maximum atomic E-state index is 5.88. The Labute approximate surface area is 102 Å². The molecule has 1 aromatic rings. The van der Waals surface area contributed by atoms with E-state index in [1.165, 1.54) is 6.33 Å². The molecular formula is C12H20N4O. The molecule has 94 valence electrons. The smallest absolute Gasteiger partial charge is 0.218 e. The van der Waals surface area contributed by atoms with Gasteiger partial charge in [0.1, 0.15) is 12.1 Å². The van der Waals surface area contributed by atoms with Crippen LogP contribution in [0.2, 0.25) is 0 Å². The summed E-state index contributed by atoms with van der Waals surface area (Å²) in [5.41, 5.74) is 5.88. The molecule has 0 amide bonds. The highest BCUT2D eigenvalue weighted by atomic mass is 16.5. The first kappa shape index (κ1) is 12.1. The van der Waals surface area contributed by atoms with Gasteiger partial charge in [-0.15, -0.1) is 0 Å². The fraction of sp³-hybridized carbons (Fsp3) is 0.667. The van der Waals surface area contributed by atoms with Crippen LogP contribution >= 0.6 is 0 Å². The summed E-state index contributed by atoms with van der Waals surface area (Å²) in [4.78, 5) is 8.24. The molecular weight excluding hydrogens is 216 g/mol. The summed E-state index contributed by atoms with van der Waals surface area (Å²) in [5.74, 6) is 1.46. The van der Waals surface area contributed by atoms with Gasteiger partial charge in [-0.3, -0.25) is 0 Å². The lowest BCUT2D eigenvalue weighted by molar-refractivity contribution is 0.326. The van der Waals surface area contributed by atoms with Crippen LogP contribution in [-0.2, 0) is 0 Å². The highest BCUT2D eigenvalue weighted by Gasteiger charge is 2.18. The maximum Gasteiger partial charge on any atom is 0.218 e. The molecule has 0 radical (unpaired) electrons. The van der Waals surface area contributed by atoms with Gasteiger partial charge in [0.15, 0.2) is 0 Å². The topological polar surface area (TPSA) is 73.1 Å². The van der Waals surface area contributed by atoms with Crippen molar-refractivity contribution >= 4 is 5.82 Å². The van der Waals surface area contributed by atoms with Crippen molar-refractivity contribution in [2.24, 2.45) is 5.73 Å². The molecule has 1 aliphatic rings. The van der Waals surface area contributed by atoms with Crippen molar-refractivity contribution in [2.45, 2.75) is 44.7 Å². The third-order valence-corrected chi connectivity index (χ3v) is 3.06. The van der Waals surface area contributed by atoms with E-state index >= 15 is 0 Å². The minimum atomic E-state index is 0.373. The largest absolute Gasteiger partial charge is 0.478 e. The van der Waals surface area contributed by atoms with Crippen LogP contribution in [0.4, 0.5) is 5.82 Å². The number of hydrogen-bond acceptors (Lipinski definition) is 5. The summed E-state index contributed by atoms with van der Waals surface area (Å²) in [6.07, 6.45) is 5.91. The molecule has 1 aliphatic carbocycles. The summed E-state index contributed by atoms with van der Waals surface area (Å²) >= 11 is 0. The number of rotatable bonds is 4. The van der Waals surface area contributed by atoms with Crippen LogP contribution in [0.5, 0.6) is 5.88 Å². The van der Waals surface area contributed by atoms with Gasteiger partial charge in [-0.1, -0.05) is 0 Å². The summed E-state index contributed by atoms with van der Waals surface area (Å²) in [5, 5.41) is 3.41. The molecule has 1 saturated carbocycles. The first-order valence-electron chi connectivity index (χ1n) is 6.25. The Morgan fingerprint density at radius 3 is 2.82 bits per heavy atom. The number of anilines is 1. The van der Waals surface area contributed by atoms with Gasteiger partial charge in [0.2, 0.25) is 5.88 Å². The van der Waals surface area contributed by atoms with E-state index in [0.717, 1.165) is 31.5 Å².